The number of carboxylic acid groups (broad SMARTS) is 1. The fraction of sp³-hybridized carbons (Fsp3) is 0.391. The third-order valence-corrected chi connectivity index (χ3v) is 7.71. The lowest BCUT2D eigenvalue weighted by Gasteiger charge is -2.45. The van der Waals surface area contributed by atoms with E-state index in [9.17, 15) is 14.7 Å². The van der Waals surface area contributed by atoms with Crippen molar-refractivity contribution in [2.45, 2.75) is 18.3 Å². The molecule has 9 nitrogen and oxygen atoms in total. The second-order valence-corrected chi connectivity index (χ2v) is 9.51. The zero-order valence-electron chi connectivity index (χ0n) is 18.4. The molecule has 178 valence electrons. The topological polar surface area (TPSA) is 106 Å². The smallest absolute Gasteiger partial charge is 0.407 e. The fourth-order valence-corrected chi connectivity index (χ4v) is 5.33. The van der Waals surface area contributed by atoms with Crippen LogP contribution in [-0.4, -0.2) is 81.1 Å². The van der Waals surface area contributed by atoms with Crippen LogP contribution in [0.3, 0.4) is 0 Å². The van der Waals surface area contributed by atoms with E-state index in [4.69, 9.17) is 23.2 Å². The number of fused-ring (bicyclic) bond motifs is 1. The zero-order chi connectivity index (χ0) is 23.9. The molecule has 0 bridgehead atoms. The van der Waals surface area contributed by atoms with Gasteiger partial charge in [-0.25, -0.2) is 14.8 Å². The van der Waals surface area contributed by atoms with Crippen molar-refractivity contribution in [2.75, 3.05) is 44.2 Å². The number of piperidine rings is 1. The van der Waals surface area contributed by atoms with Crippen LogP contribution in [0.1, 0.15) is 18.4 Å². The first-order chi connectivity index (χ1) is 16.4. The third-order valence-electron chi connectivity index (χ3n) is 6.97. The van der Waals surface area contributed by atoms with E-state index in [-0.39, 0.29) is 19.0 Å². The Balaban J connectivity index is 1.38. The highest BCUT2D eigenvalue weighted by atomic mass is 35.5. The minimum atomic E-state index is -0.968. The summed E-state index contributed by atoms with van der Waals surface area (Å²) in [4.78, 5) is 42.7. The maximum Gasteiger partial charge on any atom is 0.407 e. The van der Waals surface area contributed by atoms with Gasteiger partial charge >= 0.3 is 6.09 Å². The quantitative estimate of drug-likeness (QED) is 0.566. The molecule has 2 aromatic heterocycles. The van der Waals surface area contributed by atoms with Crippen molar-refractivity contribution in [1.29, 1.82) is 0 Å². The molecule has 2 fully saturated rings. The Morgan fingerprint density at radius 2 is 1.68 bits per heavy atom. The lowest BCUT2D eigenvalue weighted by Crippen LogP contribution is -2.58. The molecule has 5 rings (SSSR count). The number of benzene rings is 1. The fourth-order valence-electron chi connectivity index (χ4n) is 5.03. The van der Waals surface area contributed by atoms with Crippen molar-refractivity contribution < 1.29 is 14.7 Å². The summed E-state index contributed by atoms with van der Waals surface area (Å²) in [7, 11) is 0. The molecule has 0 atom stereocenters. The van der Waals surface area contributed by atoms with E-state index in [0.29, 0.717) is 49.1 Å². The average molecular weight is 503 g/mol. The largest absolute Gasteiger partial charge is 0.465 e. The molecular weight excluding hydrogens is 479 g/mol. The Labute approximate surface area is 206 Å². The second kappa shape index (κ2) is 8.96. The van der Waals surface area contributed by atoms with Gasteiger partial charge in [-0.1, -0.05) is 29.3 Å². The molecule has 0 radical (unpaired) electrons. The molecule has 2 aliphatic rings. The molecule has 2 saturated heterocycles. The molecular formula is C23H24Cl2N6O3. The van der Waals surface area contributed by atoms with E-state index >= 15 is 0 Å². The molecule has 2 aliphatic heterocycles. The summed E-state index contributed by atoms with van der Waals surface area (Å²) in [5.41, 5.74) is 0.724. The molecule has 34 heavy (non-hydrogen) atoms. The SMILES string of the molecule is O=C(O)N1CCC(C(=O)N2CCN(c3ncnc4[nH]ccc34)CC2)(c2ccc(Cl)c(Cl)c2)CC1. The predicted octanol–water partition coefficient (Wildman–Crippen LogP) is 3.63. The number of carbonyl (C=O) groups excluding carboxylic acids is 1. The van der Waals surface area contributed by atoms with Crippen LogP contribution in [0.2, 0.25) is 10.0 Å². The molecule has 0 saturated carbocycles. The second-order valence-electron chi connectivity index (χ2n) is 8.70. The van der Waals surface area contributed by atoms with Gasteiger partial charge in [0.15, 0.2) is 0 Å². The molecule has 0 spiro atoms. The van der Waals surface area contributed by atoms with Crippen molar-refractivity contribution in [1.82, 2.24) is 24.8 Å². The minimum absolute atomic E-state index is 0.00468. The number of H-pyrrole nitrogens is 1. The molecule has 11 heteroatoms. The van der Waals surface area contributed by atoms with Gasteiger partial charge < -0.3 is 24.8 Å². The Bertz CT molecular complexity index is 1230. The lowest BCUT2D eigenvalue weighted by molar-refractivity contribution is -0.139. The summed E-state index contributed by atoms with van der Waals surface area (Å²) in [5.74, 6) is 0.859. The number of piperazine rings is 1. The van der Waals surface area contributed by atoms with Gasteiger partial charge in [0, 0.05) is 45.5 Å². The molecule has 0 unspecified atom stereocenters. The van der Waals surface area contributed by atoms with Gasteiger partial charge in [0.05, 0.1) is 20.8 Å². The van der Waals surface area contributed by atoms with Gasteiger partial charge in [0.1, 0.15) is 17.8 Å². The van der Waals surface area contributed by atoms with Crippen LogP contribution in [0.25, 0.3) is 11.0 Å². The van der Waals surface area contributed by atoms with Crippen LogP contribution in [-0.2, 0) is 10.2 Å². The number of rotatable bonds is 3. The van der Waals surface area contributed by atoms with Gasteiger partial charge in [-0.3, -0.25) is 4.79 Å². The monoisotopic (exact) mass is 502 g/mol. The first kappa shape index (κ1) is 22.7. The van der Waals surface area contributed by atoms with Gasteiger partial charge in [-0.15, -0.1) is 0 Å². The van der Waals surface area contributed by atoms with Gasteiger partial charge in [-0.2, -0.15) is 0 Å². The Morgan fingerprint density at radius 1 is 0.941 bits per heavy atom. The summed E-state index contributed by atoms with van der Waals surface area (Å²) in [6, 6.07) is 7.24. The van der Waals surface area contributed by atoms with E-state index in [0.717, 1.165) is 22.4 Å². The molecule has 2 N–H and O–H groups in total. The number of carbonyl (C=O) groups is 2. The number of halogens is 2. The highest BCUT2D eigenvalue weighted by molar-refractivity contribution is 6.42. The summed E-state index contributed by atoms with van der Waals surface area (Å²) >= 11 is 12.4. The molecule has 2 amide bonds. The maximum atomic E-state index is 14.0. The number of aromatic nitrogens is 3. The minimum Gasteiger partial charge on any atom is -0.465 e. The number of anilines is 1. The van der Waals surface area contributed by atoms with Crippen LogP contribution >= 0.6 is 23.2 Å². The predicted molar refractivity (Wildman–Crippen MR) is 130 cm³/mol. The number of nitrogens with one attached hydrogen (secondary N) is 1. The molecule has 4 heterocycles. The standard InChI is InChI=1S/C23H24Cl2N6O3/c24-17-2-1-15(13-18(17)25)23(4-7-31(8-5-23)22(33)34)21(32)30-11-9-29(10-12-30)20-16-3-6-26-19(16)27-14-28-20/h1-3,6,13-14H,4-5,7-12H2,(H,33,34)(H,26,27,28). The first-order valence-corrected chi connectivity index (χ1v) is 11.9. The van der Waals surface area contributed by atoms with Crippen LogP contribution < -0.4 is 4.90 Å². The Morgan fingerprint density at radius 3 is 2.35 bits per heavy atom. The Hall–Kier alpha value is -3.04. The summed E-state index contributed by atoms with van der Waals surface area (Å²) in [6.45, 7) is 2.94. The Kier molecular flexibility index (Phi) is 5.99. The summed E-state index contributed by atoms with van der Waals surface area (Å²) in [5, 5.41) is 11.2. The number of likely N-dealkylation sites (tertiary alicyclic amines) is 1. The summed E-state index contributed by atoms with van der Waals surface area (Å²) < 4.78 is 0. The number of amides is 2. The molecule has 1 aromatic carbocycles. The number of aromatic amines is 1. The molecule has 3 aromatic rings. The van der Waals surface area contributed by atoms with E-state index in [1.165, 1.54) is 4.90 Å². The van der Waals surface area contributed by atoms with Crippen molar-refractivity contribution in [2.24, 2.45) is 0 Å². The summed E-state index contributed by atoms with van der Waals surface area (Å²) in [6.07, 6.45) is 3.21. The first-order valence-electron chi connectivity index (χ1n) is 11.1. The van der Waals surface area contributed by atoms with Crippen LogP contribution in [0.5, 0.6) is 0 Å². The van der Waals surface area contributed by atoms with E-state index < -0.39 is 11.5 Å². The normalized spacial score (nSPS) is 18.4. The number of hydrogen-bond acceptors (Lipinski definition) is 5. The van der Waals surface area contributed by atoms with Crippen LogP contribution in [0.15, 0.2) is 36.8 Å². The van der Waals surface area contributed by atoms with Gasteiger partial charge in [0.2, 0.25) is 5.91 Å². The molecule has 0 aliphatic carbocycles. The number of nitrogens with zero attached hydrogens (tertiary/aromatic N) is 5. The van der Waals surface area contributed by atoms with Crippen LogP contribution in [0.4, 0.5) is 10.6 Å². The zero-order valence-corrected chi connectivity index (χ0v) is 19.9. The average Bonchev–Trinajstić information content (AvgIpc) is 3.34. The third kappa shape index (κ3) is 3.92. The lowest BCUT2D eigenvalue weighted by atomic mass is 9.71. The van der Waals surface area contributed by atoms with Crippen molar-refractivity contribution in [3.05, 3.63) is 52.4 Å². The maximum absolute atomic E-state index is 14.0. The highest BCUT2D eigenvalue weighted by Crippen LogP contribution is 2.40. The van der Waals surface area contributed by atoms with Crippen molar-refractivity contribution >= 4 is 52.1 Å². The van der Waals surface area contributed by atoms with Gasteiger partial charge in [-0.05, 0) is 36.6 Å². The highest BCUT2D eigenvalue weighted by Gasteiger charge is 2.46. The van der Waals surface area contributed by atoms with Crippen LogP contribution in [0, 0.1) is 0 Å². The van der Waals surface area contributed by atoms with Gasteiger partial charge in [0.25, 0.3) is 0 Å². The van der Waals surface area contributed by atoms with Crippen molar-refractivity contribution in [3.8, 4) is 0 Å². The van der Waals surface area contributed by atoms with Crippen molar-refractivity contribution in [3.63, 3.8) is 0 Å². The van der Waals surface area contributed by atoms with E-state index in [1.54, 1.807) is 18.5 Å². The number of hydrogen-bond donors (Lipinski definition) is 2. The van der Waals surface area contributed by atoms with E-state index in [2.05, 4.69) is 19.9 Å². The van der Waals surface area contributed by atoms with E-state index in [1.807, 2.05) is 23.2 Å².